The molecule has 0 spiro atoms. The second-order valence-electron chi connectivity index (χ2n) is 4.98. The maximum atomic E-state index is 5.95. The molecule has 0 bridgehead atoms. The first kappa shape index (κ1) is 10.2. The number of rotatable bonds is 4. The van der Waals surface area contributed by atoms with Crippen LogP contribution >= 0.6 is 0 Å². The number of hydrogen-bond acceptors (Lipinski definition) is 2. The van der Waals surface area contributed by atoms with Crippen LogP contribution in [0.4, 0.5) is 0 Å². The van der Waals surface area contributed by atoms with E-state index in [4.69, 9.17) is 4.74 Å². The Kier molecular flexibility index (Phi) is 2.83. The quantitative estimate of drug-likeness (QED) is 0.837. The molecular weight excluding hydrogens is 198 g/mol. The molecule has 2 aliphatic rings. The van der Waals surface area contributed by atoms with Gasteiger partial charge >= 0.3 is 0 Å². The van der Waals surface area contributed by atoms with Crippen molar-refractivity contribution in [3.63, 3.8) is 0 Å². The molecule has 1 heterocycles. The van der Waals surface area contributed by atoms with Gasteiger partial charge in [0, 0.05) is 12.5 Å². The van der Waals surface area contributed by atoms with Gasteiger partial charge in [-0.05, 0) is 43.4 Å². The number of benzene rings is 1. The fourth-order valence-electron chi connectivity index (χ4n) is 2.36. The molecule has 1 atom stereocenters. The molecule has 16 heavy (non-hydrogen) atoms. The Hall–Kier alpha value is -1.02. The highest BCUT2D eigenvalue weighted by Gasteiger charge is 2.24. The first-order valence-corrected chi connectivity index (χ1v) is 6.36. The number of nitrogens with one attached hydrogen (secondary N) is 1. The molecule has 1 saturated heterocycles. The lowest BCUT2D eigenvalue weighted by Gasteiger charge is -2.15. The fraction of sp³-hybridized carbons (Fsp3) is 0.571. The van der Waals surface area contributed by atoms with E-state index < -0.39 is 0 Å². The van der Waals surface area contributed by atoms with Crippen LogP contribution in [0.1, 0.15) is 30.7 Å². The van der Waals surface area contributed by atoms with E-state index in [1.54, 1.807) is 0 Å². The monoisotopic (exact) mass is 217 g/mol. The Labute approximate surface area is 97.0 Å². The van der Waals surface area contributed by atoms with Crippen LogP contribution in [0.15, 0.2) is 24.3 Å². The smallest absolute Gasteiger partial charge is 0.122 e. The summed E-state index contributed by atoms with van der Waals surface area (Å²) in [4.78, 5) is 0. The number of para-hydroxylation sites is 1. The zero-order valence-corrected chi connectivity index (χ0v) is 9.61. The fourth-order valence-corrected chi connectivity index (χ4v) is 2.36. The van der Waals surface area contributed by atoms with E-state index >= 15 is 0 Å². The van der Waals surface area contributed by atoms with Crippen LogP contribution in [0.5, 0.6) is 5.75 Å². The predicted molar refractivity (Wildman–Crippen MR) is 64.9 cm³/mol. The van der Waals surface area contributed by atoms with Gasteiger partial charge in [0.1, 0.15) is 5.75 Å². The van der Waals surface area contributed by atoms with Crippen molar-refractivity contribution >= 4 is 0 Å². The molecule has 2 fully saturated rings. The average Bonchev–Trinajstić information content (AvgIpc) is 3.00. The number of hydrogen-bond donors (Lipinski definition) is 1. The largest absolute Gasteiger partial charge is 0.493 e. The molecule has 1 N–H and O–H groups in total. The summed E-state index contributed by atoms with van der Waals surface area (Å²) < 4.78 is 5.95. The molecule has 0 aromatic heterocycles. The van der Waals surface area contributed by atoms with Gasteiger partial charge < -0.3 is 10.1 Å². The SMILES string of the molecule is c1ccc(C2CCNC2)c(OCC2CC2)c1. The maximum absolute atomic E-state index is 5.95. The highest BCUT2D eigenvalue weighted by atomic mass is 16.5. The van der Waals surface area contributed by atoms with Crippen molar-refractivity contribution in [3.8, 4) is 5.75 Å². The minimum absolute atomic E-state index is 0.649. The molecule has 1 aromatic rings. The first-order chi connectivity index (χ1) is 7.93. The summed E-state index contributed by atoms with van der Waals surface area (Å²) in [5, 5.41) is 3.42. The van der Waals surface area contributed by atoms with Gasteiger partial charge in [-0.25, -0.2) is 0 Å². The predicted octanol–water partition coefficient (Wildman–Crippen LogP) is 2.55. The maximum Gasteiger partial charge on any atom is 0.122 e. The lowest BCUT2D eigenvalue weighted by Crippen LogP contribution is -2.09. The van der Waals surface area contributed by atoms with E-state index in [0.29, 0.717) is 5.92 Å². The summed E-state index contributed by atoms with van der Waals surface area (Å²) in [5.74, 6) is 2.59. The molecule has 2 nitrogen and oxygen atoms in total. The van der Waals surface area contributed by atoms with Gasteiger partial charge in [-0.2, -0.15) is 0 Å². The van der Waals surface area contributed by atoms with Gasteiger partial charge in [0.05, 0.1) is 6.61 Å². The van der Waals surface area contributed by atoms with Gasteiger partial charge in [-0.1, -0.05) is 18.2 Å². The molecule has 1 unspecified atom stereocenters. The molecule has 1 aliphatic heterocycles. The first-order valence-electron chi connectivity index (χ1n) is 6.36. The summed E-state index contributed by atoms with van der Waals surface area (Å²) in [6.45, 7) is 3.16. The van der Waals surface area contributed by atoms with E-state index in [9.17, 15) is 0 Å². The highest BCUT2D eigenvalue weighted by Crippen LogP contribution is 2.33. The van der Waals surface area contributed by atoms with E-state index in [1.807, 2.05) is 0 Å². The molecular formula is C14H19NO. The van der Waals surface area contributed by atoms with Gasteiger partial charge in [-0.15, -0.1) is 0 Å². The van der Waals surface area contributed by atoms with Gasteiger partial charge in [0.25, 0.3) is 0 Å². The summed E-state index contributed by atoms with van der Waals surface area (Å²) in [5.41, 5.74) is 1.40. The third kappa shape index (κ3) is 2.22. The Morgan fingerprint density at radius 3 is 2.81 bits per heavy atom. The topological polar surface area (TPSA) is 21.3 Å². The molecule has 2 heteroatoms. The second-order valence-corrected chi connectivity index (χ2v) is 4.98. The van der Waals surface area contributed by atoms with E-state index in [1.165, 1.54) is 24.8 Å². The van der Waals surface area contributed by atoms with Crippen LogP contribution in [-0.4, -0.2) is 19.7 Å². The van der Waals surface area contributed by atoms with Crippen molar-refractivity contribution in [3.05, 3.63) is 29.8 Å². The van der Waals surface area contributed by atoms with E-state index in [0.717, 1.165) is 31.4 Å². The Morgan fingerprint density at radius 2 is 2.06 bits per heavy atom. The third-order valence-electron chi connectivity index (χ3n) is 3.59. The number of ether oxygens (including phenoxy) is 1. The molecule has 1 saturated carbocycles. The van der Waals surface area contributed by atoms with Crippen LogP contribution in [0.2, 0.25) is 0 Å². The third-order valence-corrected chi connectivity index (χ3v) is 3.59. The Morgan fingerprint density at radius 1 is 1.19 bits per heavy atom. The van der Waals surface area contributed by atoms with Crippen LogP contribution in [0.25, 0.3) is 0 Å². The van der Waals surface area contributed by atoms with Crippen molar-refractivity contribution < 1.29 is 4.74 Å². The normalized spacial score (nSPS) is 24.6. The van der Waals surface area contributed by atoms with E-state index in [-0.39, 0.29) is 0 Å². The van der Waals surface area contributed by atoms with Gasteiger partial charge in [-0.3, -0.25) is 0 Å². The molecule has 86 valence electrons. The summed E-state index contributed by atoms with van der Waals surface area (Å²) >= 11 is 0. The van der Waals surface area contributed by atoms with Gasteiger partial charge in [0.15, 0.2) is 0 Å². The Balaban J connectivity index is 1.73. The minimum atomic E-state index is 0.649. The summed E-state index contributed by atoms with van der Waals surface area (Å²) in [6, 6.07) is 8.54. The lowest BCUT2D eigenvalue weighted by atomic mass is 9.97. The lowest BCUT2D eigenvalue weighted by molar-refractivity contribution is 0.295. The van der Waals surface area contributed by atoms with Crippen LogP contribution < -0.4 is 10.1 Å². The molecule has 3 rings (SSSR count). The van der Waals surface area contributed by atoms with Crippen LogP contribution in [0.3, 0.4) is 0 Å². The Bertz CT molecular complexity index is 354. The highest BCUT2D eigenvalue weighted by molar-refractivity contribution is 5.37. The summed E-state index contributed by atoms with van der Waals surface area (Å²) in [7, 11) is 0. The van der Waals surface area contributed by atoms with Crippen LogP contribution in [-0.2, 0) is 0 Å². The van der Waals surface area contributed by atoms with Crippen molar-refractivity contribution in [2.45, 2.75) is 25.2 Å². The summed E-state index contributed by atoms with van der Waals surface area (Å²) in [6.07, 6.45) is 3.95. The van der Waals surface area contributed by atoms with Crippen molar-refractivity contribution in [1.29, 1.82) is 0 Å². The zero-order valence-electron chi connectivity index (χ0n) is 9.61. The standard InChI is InChI=1S/C14H19NO/c1-2-4-14(16-10-11-5-6-11)13(3-1)12-7-8-15-9-12/h1-4,11-12,15H,5-10H2. The minimum Gasteiger partial charge on any atom is -0.493 e. The van der Waals surface area contributed by atoms with E-state index in [2.05, 4.69) is 29.6 Å². The van der Waals surface area contributed by atoms with Crippen molar-refractivity contribution in [2.75, 3.05) is 19.7 Å². The zero-order chi connectivity index (χ0) is 10.8. The van der Waals surface area contributed by atoms with Crippen LogP contribution in [0, 0.1) is 5.92 Å². The van der Waals surface area contributed by atoms with Gasteiger partial charge in [0.2, 0.25) is 0 Å². The van der Waals surface area contributed by atoms with Crippen molar-refractivity contribution in [1.82, 2.24) is 5.32 Å². The molecule has 1 aliphatic carbocycles. The molecule has 0 radical (unpaired) electrons. The second kappa shape index (κ2) is 4.46. The average molecular weight is 217 g/mol. The van der Waals surface area contributed by atoms with Crippen molar-refractivity contribution in [2.24, 2.45) is 5.92 Å². The molecule has 0 amide bonds. The molecule has 1 aromatic carbocycles.